The first-order valence-corrected chi connectivity index (χ1v) is 8.30. The fraction of sp³-hybridized carbons (Fsp3) is 0. The quantitative estimate of drug-likeness (QED) is 0.442. The second kappa shape index (κ2) is 6.39. The van der Waals surface area contributed by atoms with Gasteiger partial charge in [0.05, 0.1) is 16.8 Å². The van der Waals surface area contributed by atoms with Crippen LogP contribution >= 0.6 is 11.6 Å². The van der Waals surface area contributed by atoms with E-state index in [9.17, 15) is 5.26 Å². The number of nitriles is 1. The Kier molecular flexibility index (Phi) is 3.93. The Labute approximate surface area is 151 Å². The molecular formula is C22H13ClN2. The first kappa shape index (κ1) is 15.4. The van der Waals surface area contributed by atoms with Crippen molar-refractivity contribution in [2.45, 2.75) is 0 Å². The molecule has 1 heterocycles. The molecular weight excluding hydrogens is 328 g/mol. The number of hydrogen-bond donors (Lipinski definition) is 0. The summed E-state index contributed by atoms with van der Waals surface area (Å²) in [5.41, 5.74) is 4.85. The molecule has 3 heteroatoms. The molecule has 0 saturated heterocycles. The molecule has 1 aromatic heterocycles. The molecule has 0 aliphatic heterocycles. The number of hydrogen-bond acceptors (Lipinski definition) is 2. The van der Waals surface area contributed by atoms with Gasteiger partial charge in [-0.15, -0.1) is 0 Å². The first-order valence-electron chi connectivity index (χ1n) is 7.92. The molecule has 0 N–H and O–H groups in total. The van der Waals surface area contributed by atoms with Gasteiger partial charge >= 0.3 is 0 Å². The monoisotopic (exact) mass is 340 g/mol. The minimum atomic E-state index is 0.562. The molecule has 4 aromatic rings. The van der Waals surface area contributed by atoms with Crippen molar-refractivity contribution >= 4 is 22.5 Å². The van der Waals surface area contributed by atoms with E-state index in [2.05, 4.69) is 6.07 Å². The predicted molar refractivity (Wildman–Crippen MR) is 102 cm³/mol. The fourth-order valence-electron chi connectivity index (χ4n) is 3.05. The van der Waals surface area contributed by atoms with Gasteiger partial charge in [0.1, 0.15) is 6.07 Å². The van der Waals surface area contributed by atoms with E-state index in [1.54, 1.807) is 0 Å². The Morgan fingerprint density at radius 1 is 0.800 bits per heavy atom. The van der Waals surface area contributed by atoms with Crippen molar-refractivity contribution in [3.05, 3.63) is 89.4 Å². The third-order valence-corrected chi connectivity index (χ3v) is 4.40. The lowest BCUT2D eigenvalue weighted by Crippen LogP contribution is -1.96. The largest absolute Gasteiger partial charge is 0.246 e. The number of fused-ring (bicyclic) bond motifs is 1. The van der Waals surface area contributed by atoms with Gasteiger partial charge in [-0.2, -0.15) is 5.26 Å². The van der Waals surface area contributed by atoms with Gasteiger partial charge in [0, 0.05) is 21.5 Å². The highest BCUT2D eigenvalue weighted by atomic mass is 35.5. The van der Waals surface area contributed by atoms with Gasteiger partial charge in [-0.25, -0.2) is 4.98 Å². The average molecular weight is 341 g/mol. The van der Waals surface area contributed by atoms with Crippen molar-refractivity contribution in [1.29, 1.82) is 5.26 Å². The number of benzene rings is 3. The van der Waals surface area contributed by atoms with E-state index in [0.29, 0.717) is 16.3 Å². The van der Waals surface area contributed by atoms with Crippen LogP contribution in [0.3, 0.4) is 0 Å². The summed E-state index contributed by atoms with van der Waals surface area (Å²) in [5, 5.41) is 11.4. The van der Waals surface area contributed by atoms with E-state index < -0.39 is 0 Å². The van der Waals surface area contributed by atoms with E-state index in [4.69, 9.17) is 16.6 Å². The summed E-state index contributed by atoms with van der Waals surface area (Å²) < 4.78 is 0. The lowest BCUT2D eigenvalue weighted by atomic mass is 9.92. The molecule has 118 valence electrons. The normalized spacial score (nSPS) is 10.6. The summed E-state index contributed by atoms with van der Waals surface area (Å²) in [6.07, 6.45) is 0. The van der Waals surface area contributed by atoms with E-state index in [1.165, 1.54) is 0 Å². The lowest BCUT2D eigenvalue weighted by molar-refractivity contribution is 1.36. The van der Waals surface area contributed by atoms with Crippen molar-refractivity contribution in [2.24, 2.45) is 0 Å². The second-order valence-electron chi connectivity index (χ2n) is 5.72. The summed E-state index contributed by atoms with van der Waals surface area (Å²) in [4.78, 5) is 4.76. The minimum Gasteiger partial charge on any atom is -0.246 e. The second-order valence-corrected chi connectivity index (χ2v) is 6.15. The van der Waals surface area contributed by atoms with Gasteiger partial charge in [0.15, 0.2) is 0 Å². The van der Waals surface area contributed by atoms with Crippen LogP contribution in [-0.4, -0.2) is 4.98 Å². The molecule has 0 atom stereocenters. The van der Waals surface area contributed by atoms with Crippen LogP contribution < -0.4 is 0 Å². The van der Waals surface area contributed by atoms with Crippen molar-refractivity contribution in [2.75, 3.05) is 0 Å². The minimum absolute atomic E-state index is 0.562. The number of halogens is 1. The highest BCUT2D eigenvalue weighted by Gasteiger charge is 2.17. The molecule has 0 aliphatic carbocycles. The molecule has 25 heavy (non-hydrogen) atoms. The predicted octanol–water partition coefficient (Wildman–Crippen LogP) is 6.09. The standard InChI is InChI=1S/C22H13ClN2/c23-17-11-12-20-18(13-17)21(15-7-3-1-4-8-15)19(14-24)22(25-20)16-9-5-2-6-10-16/h1-13H. The van der Waals surface area contributed by atoms with Crippen LogP contribution in [0, 0.1) is 11.3 Å². The summed E-state index contributed by atoms with van der Waals surface area (Å²) in [6.45, 7) is 0. The molecule has 0 bridgehead atoms. The molecule has 0 radical (unpaired) electrons. The van der Waals surface area contributed by atoms with Crippen LogP contribution in [0.4, 0.5) is 0 Å². The van der Waals surface area contributed by atoms with Gasteiger partial charge in [-0.05, 0) is 23.8 Å². The first-order chi connectivity index (χ1) is 12.3. The van der Waals surface area contributed by atoms with E-state index in [-0.39, 0.29) is 0 Å². The van der Waals surface area contributed by atoms with Gasteiger partial charge in [0.25, 0.3) is 0 Å². The summed E-state index contributed by atoms with van der Waals surface area (Å²) in [6, 6.07) is 27.7. The number of rotatable bonds is 2. The molecule has 0 aliphatic rings. The van der Waals surface area contributed by atoms with E-state index in [0.717, 1.165) is 27.6 Å². The fourth-order valence-corrected chi connectivity index (χ4v) is 3.23. The molecule has 0 fully saturated rings. The van der Waals surface area contributed by atoms with Gasteiger partial charge in [-0.3, -0.25) is 0 Å². The maximum Gasteiger partial charge on any atom is 0.102 e. The maximum absolute atomic E-state index is 9.93. The molecule has 0 unspecified atom stereocenters. The van der Waals surface area contributed by atoms with Crippen LogP contribution in [0.5, 0.6) is 0 Å². The van der Waals surface area contributed by atoms with Crippen LogP contribution in [0.25, 0.3) is 33.3 Å². The summed E-state index contributed by atoms with van der Waals surface area (Å²) in [7, 11) is 0. The third-order valence-electron chi connectivity index (χ3n) is 4.17. The van der Waals surface area contributed by atoms with E-state index in [1.807, 2.05) is 78.9 Å². The molecule has 2 nitrogen and oxygen atoms in total. The average Bonchev–Trinajstić information content (AvgIpc) is 2.68. The van der Waals surface area contributed by atoms with Crippen LogP contribution in [-0.2, 0) is 0 Å². The van der Waals surface area contributed by atoms with Crippen LogP contribution in [0.2, 0.25) is 5.02 Å². The van der Waals surface area contributed by atoms with E-state index >= 15 is 0 Å². The molecule has 0 amide bonds. The topological polar surface area (TPSA) is 36.7 Å². The molecule has 0 saturated carbocycles. The maximum atomic E-state index is 9.93. The van der Waals surface area contributed by atoms with Gasteiger partial charge in [0.2, 0.25) is 0 Å². The lowest BCUT2D eigenvalue weighted by Gasteiger charge is -2.14. The highest BCUT2D eigenvalue weighted by molar-refractivity contribution is 6.31. The van der Waals surface area contributed by atoms with Crippen LogP contribution in [0.1, 0.15) is 5.56 Å². The van der Waals surface area contributed by atoms with Crippen molar-refractivity contribution in [3.8, 4) is 28.5 Å². The Morgan fingerprint density at radius 3 is 2.08 bits per heavy atom. The van der Waals surface area contributed by atoms with Gasteiger partial charge < -0.3 is 0 Å². The Morgan fingerprint density at radius 2 is 1.44 bits per heavy atom. The molecule has 4 rings (SSSR count). The summed E-state index contributed by atoms with van der Waals surface area (Å²) in [5.74, 6) is 0. The van der Waals surface area contributed by atoms with Crippen molar-refractivity contribution in [3.63, 3.8) is 0 Å². The Balaban J connectivity index is 2.16. The third kappa shape index (κ3) is 2.76. The number of pyridine rings is 1. The van der Waals surface area contributed by atoms with Gasteiger partial charge in [-0.1, -0.05) is 72.3 Å². The number of nitrogens with zero attached hydrogens (tertiary/aromatic N) is 2. The highest BCUT2D eigenvalue weighted by Crippen LogP contribution is 2.37. The Bertz CT molecular complexity index is 1100. The van der Waals surface area contributed by atoms with Crippen molar-refractivity contribution in [1.82, 2.24) is 4.98 Å². The zero-order valence-corrected chi connectivity index (χ0v) is 14.0. The smallest absolute Gasteiger partial charge is 0.102 e. The molecule has 3 aromatic carbocycles. The van der Waals surface area contributed by atoms with Crippen molar-refractivity contribution < 1.29 is 0 Å². The zero-order chi connectivity index (χ0) is 17.2. The SMILES string of the molecule is N#Cc1c(-c2ccccc2)nc2ccc(Cl)cc2c1-c1ccccc1. The summed E-state index contributed by atoms with van der Waals surface area (Å²) >= 11 is 6.22. The number of aromatic nitrogens is 1. The zero-order valence-electron chi connectivity index (χ0n) is 13.3. The molecule has 0 spiro atoms. The van der Waals surface area contributed by atoms with Crippen LogP contribution in [0.15, 0.2) is 78.9 Å². The Hall–Kier alpha value is -3.15.